The van der Waals surface area contributed by atoms with Crippen LogP contribution in [-0.4, -0.2) is 45.5 Å². The van der Waals surface area contributed by atoms with Gasteiger partial charge in [-0.3, -0.25) is 0 Å². The molecule has 0 radical (unpaired) electrons. The first kappa shape index (κ1) is 17.1. The molecule has 1 aromatic rings. The van der Waals surface area contributed by atoms with Crippen molar-refractivity contribution in [3.05, 3.63) is 35.1 Å². The van der Waals surface area contributed by atoms with Crippen LogP contribution >= 0.6 is 0 Å². The Bertz CT molecular complexity index is 546. The number of aryl methyl sites for hydroxylation is 1. The molecule has 1 unspecified atom stereocenters. The summed E-state index contributed by atoms with van der Waals surface area (Å²) in [7, 11) is -1.09. The number of rotatable bonds is 7. The van der Waals surface area contributed by atoms with E-state index >= 15 is 0 Å². The SMILES string of the molecule is Cc1ccc(C(N)CCN(C)CCS(C)(=O)=O)cc1F. The zero-order valence-corrected chi connectivity index (χ0v) is 13.1. The van der Waals surface area contributed by atoms with Gasteiger partial charge < -0.3 is 10.6 Å². The highest BCUT2D eigenvalue weighted by Crippen LogP contribution is 2.17. The third-order valence-corrected chi connectivity index (χ3v) is 4.21. The predicted molar refractivity (Wildman–Crippen MR) is 79.9 cm³/mol. The van der Waals surface area contributed by atoms with E-state index in [2.05, 4.69) is 0 Å². The summed E-state index contributed by atoms with van der Waals surface area (Å²) in [6.07, 6.45) is 1.88. The van der Waals surface area contributed by atoms with E-state index in [4.69, 9.17) is 5.73 Å². The summed E-state index contributed by atoms with van der Waals surface area (Å²) in [5.41, 5.74) is 7.40. The Labute approximate surface area is 120 Å². The fraction of sp³-hybridized carbons (Fsp3) is 0.571. The Hall–Kier alpha value is -0.980. The molecular weight excluding hydrogens is 279 g/mol. The maximum atomic E-state index is 13.5. The van der Waals surface area contributed by atoms with Crippen LogP contribution in [0.3, 0.4) is 0 Å². The molecule has 0 saturated heterocycles. The lowest BCUT2D eigenvalue weighted by Crippen LogP contribution is -2.28. The number of hydrogen-bond donors (Lipinski definition) is 1. The Balaban J connectivity index is 2.46. The van der Waals surface area contributed by atoms with E-state index in [-0.39, 0.29) is 17.6 Å². The number of hydrogen-bond acceptors (Lipinski definition) is 4. The molecule has 1 atom stereocenters. The van der Waals surface area contributed by atoms with Crippen molar-refractivity contribution in [1.29, 1.82) is 0 Å². The van der Waals surface area contributed by atoms with Gasteiger partial charge in [0.1, 0.15) is 15.7 Å². The van der Waals surface area contributed by atoms with Crippen LogP contribution in [0, 0.1) is 12.7 Å². The maximum Gasteiger partial charge on any atom is 0.148 e. The van der Waals surface area contributed by atoms with E-state index in [0.717, 1.165) is 5.56 Å². The average Bonchev–Trinajstić information content (AvgIpc) is 2.36. The lowest BCUT2D eigenvalue weighted by molar-refractivity contribution is 0.335. The van der Waals surface area contributed by atoms with Crippen LogP contribution < -0.4 is 5.73 Å². The first-order valence-corrected chi connectivity index (χ1v) is 8.63. The zero-order valence-electron chi connectivity index (χ0n) is 12.3. The minimum Gasteiger partial charge on any atom is -0.324 e. The normalized spacial score (nSPS) is 13.7. The molecule has 0 spiro atoms. The van der Waals surface area contributed by atoms with Crippen molar-refractivity contribution in [2.75, 3.05) is 32.1 Å². The van der Waals surface area contributed by atoms with Gasteiger partial charge >= 0.3 is 0 Å². The molecule has 1 rings (SSSR count). The summed E-state index contributed by atoms with van der Waals surface area (Å²) in [6.45, 7) is 2.86. The standard InChI is InChI=1S/C14H23FN2O2S/c1-11-4-5-12(10-13(11)15)14(16)6-7-17(2)8-9-20(3,18)19/h4-5,10,14H,6-9,16H2,1-3H3. The second-order valence-electron chi connectivity index (χ2n) is 5.34. The monoisotopic (exact) mass is 302 g/mol. The number of halogens is 1. The third kappa shape index (κ3) is 5.98. The Kier molecular flexibility index (Phi) is 6.10. The lowest BCUT2D eigenvalue weighted by Gasteiger charge is -2.19. The fourth-order valence-electron chi connectivity index (χ4n) is 1.80. The lowest BCUT2D eigenvalue weighted by atomic mass is 10.0. The minimum absolute atomic E-state index is 0.137. The van der Waals surface area contributed by atoms with Crippen LogP contribution in [-0.2, 0) is 9.84 Å². The minimum atomic E-state index is -2.94. The number of nitrogens with two attached hydrogens (primary N) is 1. The first-order valence-electron chi connectivity index (χ1n) is 6.57. The summed E-state index contributed by atoms with van der Waals surface area (Å²) in [5.74, 6) is -0.110. The molecule has 0 aromatic heterocycles. The largest absolute Gasteiger partial charge is 0.324 e. The molecule has 0 aliphatic rings. The first-order chi connectivity index (χ1) is 9.19. The van der Waals surface area contributed by atoms with Gasteiger partial charge in [-0.25, -0.2) is 12.8 Å². The van der Waals surface area contributed by atoms with Gasteiger partial charge in [0.15, 0.2) is 0 Å². The molecule has 6 heteroatoms. The van der Waals surface area contributed by atoms with Crippen LogP contribution in [0.25, 0.3) is 0 Å². The van der Waals surface area contributed by atoms with E-state index in [1.807, 2.05) is 18.0 Å². The second-order valence-corrected chi connectivity index (χ2v) is 7.60. The predicted octanol–water partition coefficient (Wildman–Crippen LogP) is 1.50. The average molecular weight is 302 g/mol. The molecule has 0 fully saturated rings. The molecule has 1 aromatic carbocycles. The molecule has 0 saturated carbocycles. The van der Waals surface area contributed by atoms with Crippen molar-refractivity contribution in [2.24, 2.45) is 5.73 Å². The molecule has 4 nitrogen and oxygen atoms in total. The van der Waals surface area contributed by atoms with Crippen molar-refractivity contribution in [1.82, 2.24) is 4.90 Å². The van der Waals surface area contributed by atoms with Gasteiger partial charge in [0, 0.05) is 18.8 Å². The quantitative estimate of drug-likeness (QED) is 0.829. The Morgan fingerprint density at radius 3 is 2.55 bits per heavy atom. The van der Waals surface area contributed by atoms with E-state index < -0.39 is 9.84 Å². The maximum absolute atomic E-state index is 13.5. The van der Waals surface area contributed by atoms with E-state index in [0.29, 0.717) is 25.1 Å². The number of benzene rings is 1. The summed E-state index contributed by atoms with van der Waals surface area (Å²) >= 11 is 0. The molecule has 0 amide bonds. The molecular formula is C14H23FN2O2S. The fourth-order valence-corrected chi connectivity index (χ4v) is 2.44. The molecule has 114 valence electrons. The highest BCUT2D eigenvalue weighted by molar-refractivity contribution is 7.90. The smallest absolute Gasteiger partial charge is 0.148 e. The van der Waals surface area contributed by atoms with Gasteiger partial charge in [0.05, 0.1) is 5.75 Å². The topological polar surface area (TPSA) is 63.4 Å². The van der Waals surface area contributed by atoms with Crippen molar-refractivity contribution >= 4 is 9.84 Å². The van der Waals surface area contributed by atoms with Gasteiger partial charge in [-0.15, -0.1) is 0 Å². The molecule has 0 aliphatic carbocycles. The van der Waals surface area contributed by atoms with Crippen LogP contribution in [0.15, 0.2) is 18.2 Å². The van der Waals surface area contributed by atoms with Gasteiger partial charge in [0.25, 0.3) is 0 Å². The number of sulfone groups is 1. The van der Waals surface area contributed by atoms with Crippen molar-refractivity contribution in [3.8, 4) is 0 Å². The second kappa shape index (κ2) is 7.15. The summed E-state index contributed by atoms with van der Waals surface area (Å²) in [4.78, 5) is 1.92. The highest BCUT2D eigenvalue weighted by atomic mass is 32.2. The van der Waals surface area contributed by atoms with Crippen LogP contribution in [0.5, 0.6) is 0 Å². The van der Waals surface area contributed by atoms with Crippen LogP contribution in [0.4, 0.5) is 4.39 Å². The zero-order chi connectivity index (χ0) is 15.3. The van der Waals surface area contributed by atoms with Gasteiger partial charge in [-0.05, 0) is 44.1 Å². The van der Waals surface area contributed by atoms with E-state index in [1.54, 1.807) is 13.0 Å². The molecule has 0 bridgehead atoms. The van der Waals surface area contributed by atoms with E-state index in [1.165, 1.54) is 12.3 Å². The number of nitrogens with zero attached hydrogens (tertiary/aromatic N) is 1. The van der Waals surface area contributed by atoms with Gasteiger partial charge in [-0.1, -0.05) is 12.1 Å². The van der Waals surface area contributed by atoms with Crippen LogP contribution in [0.2, 0.25) is 0 Å². The van der Waals surface area contributed by atoms with E-state index in [9.17, 15) is 12.8 Å². The third-order valence-electron chi connectivity index (χ3n) is 3.29. The van der Waals surface area contributed by atoms with Crippen molar-refractivity contribution in [2.45, 2.75) is 19.4 Å². The molecule has 20 heavy (non-hydrogen) atoms. The van der Waals surface area contributed by atoms with Gasteiger partial charge in [0.2, 0.25) is 0 Å². The summed E-state index contributed by atoms with van der Waals surface area (Å²) < 4.78 is 35.6. The summed E-state index contributed by atoms with van der Waals surface area (Å²) in [6, 6.07) is 4.78. The highest BCUT2D eigenvalue weighted by Gasteiger charge is 2.11. The Morgan fingerprint density at radius 1 is 1.35 bits per heavy atom. The van der Waals surface area contributed by atoms with Crippen molar-refractivity contribution in [3.63, 3.8) is 0 Å². The van der Waals surface area contributed by atoms with Gasteiger partial charge in [-0.2, -0.15) is 0 Å². The molecule has 2 N–H and O–H groups in total. The summed E-state index contributed by atoms with van der Waals surface area (Å²) in [5, 5.41) is 0. The van der Waals surface area contributed by atoms with Crippen molar-refractivity contribution < 1.29 is 12.8 Å². The Morgan fingerprint density at radius 2 is 2.00 bits per heavy atom. The molecule has 0 heterocycles. The molecule has 0 aliphatic heterocycles. The van der Waals surface area contributed by atoms with Crippen LogP contribution in [0.1, 0.15) is 23.6 Å².